The van der Waals surface area contributed by atoms with E-state index in [1.165, 1.54) is 51.4 Å². The molecule has 182 valence electrons. The van der Waals surface area contributed by atoms with Crippen LogP contribution < -0.4 is 0 Å². The van der Waals surface area contributed by atoms with Gasteiger partial charge in [-0.15, -0.1) is 0 Å². The summed E-state index contributed by atoms with van der Waals surface area (Å²) in [5.74, 6) is 3.10. The monoisotopic (exact) mass is 442 g/mol. The van der Waals surface area contributed by atoms with Crippen LogP contribution in [0.3, 0.4) is 0 Å². The summed E-state index contributed by atoms with van der Waals surface area (Å²) in [5, 5.41) is 20.9. The molecule has 5 aliphatic carbocycles. The fourth-order valence-corrected chi connectivity index (χ4v) is 11.0. The van der Waals surface area contributed by atoms with Crippen molar-refractivity contribution in [2.24, 2.45) is 50.7 Å². The maximum atomic E-state index is 10.8. The maximum absolute atomic E-state index is 10.8. The molecule has 2 heteroatoms. The fourth-order valence-electron chi connectivity index (χ4n) is 11.0. The van der Waals surface area contributed by atoms with Gasteiger partial charge in [0, 0.05) is 0 Å². The van der Waals surface area contributed by atoms with Gasteiger partial charge in [0.05, 0.1) is 11.7 Å². The van der Waals surface area contributed by atoms with Gasteiger partial charge in [0.1, 0.15) is 0 Å². The largest absolute Gasteiger partial charge is 0.393 e. The van der Waals surface area contributed by atoms with Crippen molar-refractivity contribution in [1.82, 2.24) is 0 Å². The molecule has 0 aliphatic heterocycles. The van der Waals surface area contributed by atoms with Gasteiger partial charge in [0.2, 0.25) is 0 Å². The van der Waals surface area contributed by atoms with Crippen molar-refractivity contribution < 1.29 is 10.2 Å². The van der Waals surface area contributed by atoms with Gasteiger partial charge in [0.15, 0.2) is 0 Å². The van der Waals surface area contributed by atoms with E-state index < -0.39 is 5.60 Å². The Hall–Kier alpha value is -0.340. The highest BCUT2D eigenvalue weighted by molar-refractivity contribution is 5.30. The molecule has 5 aliphatic rings. The molecule has 0 aromatic heterocycles. The molecule has 0 unspecified atom stereocenters. The first kappa shape index (κ1) is 23.4. The minimum Gasteiger partial charge on any atom is -0.393 e. The van der Waals surface area contributed by atoms with E-state index in [1.807, 2.05) is 19.9 Å². The van der Waals surface area contributed by atoms with E-state index >= 15 is 0 Å². The fraction of sp³-hybridized carbons (Fsp3) is 0.933. The molecule has 2 N–H and O–H groups in total. The quantitative estimate of drug-likeness (QED) is 0.454. The Bertz CT molecular complexity index is 791. The molecule has 0 bridgehead atoms. The first-order valence-corrected chi connectivity index (χ1v) is 13.8. The highest BCUT2D eigenvalue weighted by Gasteiger charge is 2.82. The Morgan fingerprint density at radius 1 is 0.875 bits per heavy atom. The van der Waals surface area contributed by atoms with Gasteiger partial charge >= 0.3 is 0 Å². The number of aliphatic hydroxyl groups is 2. The second kappa shape index (κ2) is 6.87. The van der Waals surface area contributed by atoms with E-state index in [4.69, 9.17) is 0 Å². The zero-order valence-corrected chi connectivity index (χ0v) is 22.0. The first-order chi connectivity index (χ1) is 14.7. The molecule has 0 aromatic carbocycles. The summed E-state index contributed by atoms with van der Waals surface area (Å²) in [7, 11) is 0. The topological polar surface area (TPSA) is 40.5 Å². The van der Waals surface area contributed by atoms with Crippen LogP contribution in [0.4, 0.5) is 0 Å². The molecule has 0 radical (unpaired) electrons. The molecule has 32 heavy (non-hydrogen) atoms. The minimum atomic E-state index is -0.703. The van der Waals surface area contributed by atoms with E-state index in [1.54, 1.807) is 0 Å². The molecule has 0 amide bonds. The molecule has 2 nitrogen and oxygen atoms in total. The summed E-state index contributed by atoms with van der Waals surface area (Å²) >= 11 is 0. The lowest BCUT2D eigenvalue weighted by molar-refractivity contribution is -0.161. The maximum Gasteiger partial charge on any atom is 0.0771 e. The number of hydrogen-bond donors (Lipinski definition) is 2. The molecular formula is C30H50O2. The average molecular weight is 443 g/mol. The molecule has 5 saturated carbocycles. The normalized spacial score (nSPS) is 52.7. The molecule has 2 spiro atoms. The van der Waals surface area contributed by atoms with Crippen LogP contribution in [0.15, 0.2) is 12.2 Å². The molecule has 0 aromatic rings. The van der Waals surface area contributed by atoms with Crippen molar-refractivity contribution in [3.05, 3.63) is 12.2 Å². The number of aliphatic hydroxyl groups excluding tert-OH is 1. The standard InChI is InChI=1S/C30H50O2/c1-20(9-8-14-25(2,3)32)21-12-15-28(7)23-11-10-22-26(4,5)24(31)13-16-29(22)19-30(23,29)18-17-27(21,28)6/h8,14,20-24,31-32H,9-13,15-19H2,1-7H3/b14-8+/t20-,21-,22+,23+,24+,27+,28+,29+,30-/m1/s1. The Morgan fingerprint density at radius 2 is 1.53 bits per heavy atom. The summed E-state index contributed by atoms with van der Waals surface area (Å²) in [6.07, 6.45) is 17.4. The number of rotatable bonds is 4. The molecule has 0 heterocycles. The van der Waals surface area contributed by atoms with Crippen molar-refractivity contribution in [2.45, 2.75) is 124 Å². The van der Waals surface area contributed by atoms with Gasteiger partial charge in [-0.3, -0.25) is 0 Å². The molecule has 5 fully saturated rings. The summed E-state index contributed by atoms with van der Waals surface area (Å²) in [4.78, 5) is 0. The lowest BCUT2D eigenvalue weighted by Crippen LogP contribution is -2.57. The van der Waals surface area contributed by atoms with Gasteiger partial charge in [-0.2, -0.15) is 0 Å². The van der Waals surface area contributed by atoms with Gasteiger partial charge < -0.3 is 10.2 Å². The zero-order valence-electron chi connectivity index (χ0n) is 22.0. The van der Waals surface area contributed by atoms with Gasteiger partial charge in [-0.05, 0) is 129 Å². The number of hydrogen-bond acceptors (Lipinski definition) is 2. The number of allylic oxidation sites excluding steroid dienone is 1. The van der Waals surface area contributed by atoms with E-state index in [2.05, 4.69) is 40.7 Å². The van der Waals surface area contributed by atoms with Crippen molar-refractivity contribution >= 4 is 0 Å². The number of fused-ring (bicyclic) bond motifs is 2. The molecular weight excluding hydrogens is 392 g/mol. The second-order valence-corrected chi connectivity index (χ2v) is 14.8. The third-order valence-electron chi connectivity index (χ3n) is 12.9. The Balaban J connectivity index is 1.40. The summed E-state index contributed by atoms with van der Waals surface area (Å²) in [6, 6.07) is 0. The predicted molar refractivity (Wildman–Crippen MR) is 132 cm³/mol. The van der Waals surface area contributed by atoms with E-state index in [-0.39, 0.29) is 11.5 Å². The van der Waals surface area contributed by atoms with Crippen LogP contribution in [-0.2, 0) is 0 Å². The van der Waals surface area contributed by atoms with Crippen molar-refractivity contribution in [2.75, 3.05) is 0 Å². The molecule has 0 saturated heterocycles. The van der Waals surface area contributed by atoms with Crippen molar-refractivity contribution in [3.8, 4) is 0 Å². The molecule has 5 rings (SSSR count). The summed E-state index contributed by atoms with van der Waals surface area (Å²) in [5.41, 5.74) is 1.44. The summed E-state index contributed by atoms with van der Waals surface area (Å²) < 4.78 is 0. The van der Waals surface area contributed by atoms with Crippen LogP contribution >= 0.6 is 0 Å². The molecule has 9 atom stereocenters. The highest BCUT2D eigenvalue weighted by atomic mass is 16.3. The Morgan fingerprint density at radius 3 is 2.22 bits per heavy atom. The average Bonchev–Trinajstić information content (AvgIpc) is 3.27. The van der Waals surface area contributed by atoms with Crippen LogP contribution in [0.1, 0.15) is 113 Å². The minimum absolute atomic E-state index is 0.0912. The highest BCUT2D eigenvalue weighted by Crippen LogP contribution is 2.89. The first-order valence-electron chi connectivity index (χ1n) is 13.8. The van der Waals surface area contributed by atoms with Crippen LogP contribution in [0.5, 0.6) is 0 Å². The van der Waals surface area contributed by atoms with E-state index in [0.717, 1.165) is 30.6 Å². The van der Waals surface area contributed by atoms with Crippen LogP contribution in [0.25, 0.3) is 0 Å². The summed E-state index contributed by atoms with van der Waals surface area (Å²) in [6.45, 7) is 16.3. The van der Waals surface area contributed by atoms with E-state index in [0.29, 0.717) is 27.6 Å². The Kier molecular flexibility index (Phi) is 5.02. The lowest BCUT2D eigenvalue weighted by Gasteiger charge is -2.63. The van der Waals surface area contributed by atoms with Crippen LogP contribution in [0.2, 0.25) is 0 Å². The van der Waals surface area contributed by atoms with Crippen molar-refractivity contribution in [3.63, 3.8) is 0 Å². The van der Waals surface area contributed by atoms with Gasteiger partial charge in [-0.25, -0.2) is 0 Å². The SMILES string of the molecule is C[C@H](C/C=C/C(C)(C)O)[C@H]1CC[C@@]2(C)[C@@H]3CC[C@H]4C(C)(C)[C@@H](O)CC[C@]45C[C@]35CC[C@@]12C. The van der Waals surface area contributed by atoms with Crippen LogP contribution in [-0.4, -0.2) is 21.9 Å². The Labute approximate surface area is 197 Å². The lowest BCUT2D eigenvalue weighted by atomic mass is 9.42. The third kappa shape index (κ3) is 2.84. The predicted octanol–water partition coefficient (Wildman–Crippen LogP) is 7.14. The smallest absolute Gasteiger partial charge is 0.0771 e. The third-order valence-corrected chi connectivity index (χ3v) is 12.9. The van der Waals surface area contributed by atoms with Gasteiger partial charge in [0.25, 0.3) is 0 Å². The zero-order chi connectivity index (χ0) is 23.4. The van der Waals surface area contributed by atoms with E-state index in [9.17, 15) is 10.2 Å². The van der Waals surface area contributed by atoms with Gasteiger partial charge in [-0.1, -0.05) is 46.8 Å². The van der Waals surface area contributed by atoms with Crippen LogP contribution in [0, 0.1) is 50.7 Å². The second-order valence-electron chi connectivity index (χ2n) is 14.8. The van der Waals surface area contributed by atoms with Crippen molar-refractivity contribution in [1.29, 1.82) is 0 Å².